The van der Waals surface area contributed by atoms with Crippen molar-refractivity contribution < 1.29 is 0 Å². The number of hydrogen-bond acceptors (Lipinski definition) is 5. The summed E-state index contributed by atoms with van der Waals surface area (Å²) < 4.78 is 4.45. The van der Waals surface area contributed by atoms with Crippen molar-refractivity contribution in [2.75, 3.05) is 0 Å². The van der Waals surface area contributed by atoms with Gasteiger partial charge in [0.15, 0.2) is 17.5 Å². The van der Waals surface area contributed by atoms with Crippen molar-refractivity contribution in [1.82, 2.24) is 24.1 Å². The summed E-state index contributed by atoms with van der Waals surface area (Å²) in [5.74, 6) is 1.64. The maximum atomic E-state index is 9.81. The van der Waals surface area contributed by atoms with Crippen molar-refractivity contribution in [3.8, 4) is 57.7 Å². The van der Waals surface area contributed by atoms with E-state index in [0.29, 0.717) is 28.6 Å². The Labute approximate surface area is 309 Å². The molecule has 250 valence electrons. The average molecular weight is 690 g/mol. The van der Waals surface area contributed by atoms with Gasteiger partial charge in [0.2, 0.25) is 0 Å². The highest BCUT2D eigenvalue weighted by molar-refractivity contribution is 6.12. The van der Waals surface area contributed by atoms with Gasteiger partial charge in [-0.1, -0.05) is 66.7 Å². The lowest BCUT2D eigenvalue weighted by molar-refractivity contribution is 1.07. The molecule has 0 aliphatic heterocycles. The first-order valence-electron chi connectivity index (χ1n) is 17.6. The molecule has 3 heterocycles. The van der Waals surface area contributed by atoms with E-state index < -0.39 is 0 Å². The van der Waals surface area contributed by atoms with Crippen LogP contribution in [-0.2, 0) is 0 Å². The van der Waals surface area contributed by atoms with E-state index in [-0.39, 0.29) is 0 Å². The second-order valence-electron chi connectivity index (χ2n) is 13.2. The molecule has 0 bridgehead atoms. The zero-order chi connectivity index (χ0) is 36.2. The molecule has 7 aromatic carbocycles. The number of hydrogen-bond donors (Lipinski definition) is 0. The Morgan fingerprint density at radius 2 is 0.704 bits per heavy atom. The van der Waals surface area contributed by atoms with Crippen molar-refractivity contribution in [3.05, 3.63) is 175 Å². The molecule has 0 radical (unpaired) electrons. The molecule has 10 rings (SSSR count). The van der Waals surface area contributed by atoms with E-state index in [9.17, 15) is 10.5 Å². The predicted octanol–water partition coefficient (Wildman–Crippen LogP) is 10.8. The summed E-state index contributed by atoms with van der Waals surface area (Å²) >= 11 is 0. The van der Waals surface area contributed by atoms with Gasteiger partial charge in [0.1, 0.15) is 0 Å². The number of nitriles is 2. The van der Waals surface area contributed by atoms with Gasteiger partial charge in [-0.05, 0) is 97.1 Å². The minimum absolute atomic E-state index is 0.538. The average Bonchev–Trinajstić information content (AvgIpc) is 3.75. The van der Waals surface area contributed by atoms with Crippen LogP contribution in [0.2, 0.25) is 0 Å². The highest BCUT2D eigenvalue weighted by Crippen LogP contribution is 2.38. The molecule has 0 aliphatic carbocycles. The normalized spacial score (nSPS) is 11.3. The van der Waals surface area contributed by atoms with Crippen LogP contribution >= 0.6 is 0 Å². The van der Waals surface area contributed by atoms with Gasteiger partial charge in [0.25, 0.3) is 0 Å². The summed E-state index contributed by atoms with van der Waals surface area (Å²) in [6.07, 6.45) is 0. The van der Waals surface area contributed by atoms with E-state index >= 15 is 0 Å². The molecule has 0 amide bonds. The van der Waals surface area contributed by atoms with Crippen LogP contribution in [0, 0.1) is 22.7 Å². The Morgan fingerprint density at radius 1 is 0.352 bits per heavy atom. The topological polar surface area (TPSA) is 96.1 Å². The van der Waals surface area contributed by atoms with E-state index in [0.717, 1.165) is 71.7 Å². The molecular weight excluding hydrogens is 663 g/mol. The first kappa shape index (κ1) is 30.9. The van der Waals surface area contributed by atoms with Crippen molar-refractivity contribution >= 4 is 43.6 Å². The van der Waals surface area contributed by atoms with Crippen LogP contribution < -0.4 is 0 Å². The minimum atomic E-state index is 0.538. The monoisotopic (exact) mass is 689 g/mol. The first-order chi connectivity index (χ1) is 26.7. The molecule has 10 aromatic rings. The SMILES string of the molecule is N#Cc1ccc2c(c1)c1cc(-c3nc(-c4ccccc4)nc(-c4ccc5c(c4)c4cc(C#N)ccc4n5-c4ccccc4)n3)ccc1n2-c1ccccc1. The predicted molar refractivity (Wildman–Crippen MR) is 214 cm³/mol. The standard InChI is InChI=1S/C47H27N7/c48-28-30-16-20-41-37(24-30)39-26-33(18-22-43(39)53(41)35-12-6-2-7-13-35)46-50-45(32-10-4-1-5-11-32)51-47(52-46)34-19-23-44-40(27-34)38-25-31(29-49)17-21-42(38)54(44)36-14-8-3-9-15-36/h1-27H. The number of aromatic nitrogens is 5. The van der Waals surface area contributed by atoms with Gasteiger partial charge in [0.05, 0.1) is 45.3 Å². The minimum Gasteiger partial charge on any atom is -0.309 e. The van der Waals surface area contributed by atoms with E-state index in [1.54, 1.807) is 0 Å². The molecule has 0 spiro atoms. The largest absolute Gasteiger partial charge is 0.309 e. The highest BCUT2D eigenvalue weighted by atomic mass is 15.0. The van der Waals surface area contributed by atoms with Crippen molar-refractivity contribution in [3.63, 3.8) is 0 Å². The van der Waals surface area contributed by atoms with E-state index in [1.165, 1.54) is 0 Å². The molecule has 7 nitrogen and oxygen atoms in total. The molecule has 7 heteroatoms. The third kappa shape index (κ3) is 5.00. The molecule has 0 unspecified atom stereocenters. The lowest BCUT2D eigenvalue weighted by Crippen LogP contribution is -2.00. The number of rotatable bonds is 5. The molecule has 54 heavy (non-hydrogen) atoms. The van der Waals surface area contributed by atoms with Gasteiger partial charge in [-0.3, -0.25) is 0 Å². The zero-order valence-corrected chi connectivity index (χ0v) is 28.7. The Kier molecular flexibility index (Phi) is 7.11. The van der Waals surface area contributed by atoms with Crippen LogP contribution in [0.5, 0.6) is 0 Å². The molecule has 0 aliphatic rings. The van der Waals surface area contributed by atoms with Crippen LogP contribution in [-0.4, -0.2) is 24.1 Å². The third-order valence-corrected chi connectivity index (χ3v) is 10.0. The van der Waals surface area contributed by atoms with Crippen LogP contribution in [0.15, 0.2) is 164 Å². The molecule has 0 atom stereocenters. The molecule has 0 fully saturated rings. The summed E-state index contributed by atoms with van der Waals surface area (Å²) in [5.41, 5.74) is 9.87. The van der Waals surface area contributed by atoms with Gasteiger partial charge in [0, 0.05) is 49.6 Å². The quantitative estimate of drug-likeness (QED) is 0.179. The first-order valence-corrected chi connectivity index (χ1v) is 17.6. The Hall–Kier alpha value is -7.87. The van der Waals surface area contributed by atoms with E-state index in [4.69, 9.17) is 15.0 Å². The van der Waals surface area contributed by atoms with Gasteiger partial charge in [-0.2, -0.15) is 10.5 Å². The van der Waals surface area contributed by atoms with Crippen molar-refractivity contribution in [2.45, 2.75) is 0 Å². The molecule has 0 saturated carbocycles. The Balaban J connectivity index is 1.20. The Bertz CT molecular complexity index is 2970. The number of benzene rings is 7. The van der Waals surface area contributed by atoms with E-state index in [2.05, 4.69) is 81.9 Å². The fourth-order valence-electron chi connectivity index (χ4n) is 7.52. The lowest BCUT2D eigenvalue weighted by Gasteiger charge is -2.10. The van der Waals surface area contributed by atoms with Crippen molar-refractivity contribution in [1.29, 1.82) is 10.5 Å². The summed E-state index contributed by atoms with van der Waals surface area (Å²) in [4.78, 5) is 15.2. The fourth-order valence-corrected chi connectivity index (χ4v) is 7.52. The maximum Gasteiger partial charge on any atom is 0.164 e. The zero-order valence-electron chi connectivity index (χ0n) is 28.7. The van der Waals surface area contributed by atoms with E-state index in [1.807, 2.05) is 103 Å². The molecule has 0 saturated heterocycles. The van der Waals surface area contributed by atoms with Crippen LogP contribution in [0.25, 0.3) is 89.2 Å². The van der Waals surface area contributed by atoms with Gasteiger partial charge < -0.3 is 9.13 Å². The Morgan fingerprint density at radius 3 is 1.11 bits per heavy atom. The molecular formula is C47H27N7. The van der Waals surface area contributed by atoms with Crippen LogP contribution in [0.1, 0.15) is 11.1 Å². The summed E-state index contributed by atoms with van der Waals surface area (Å²) in [6, 6.07) is 59.3. The molecule has 0 N–H and O–H groups in total. The third-order valence-electron chi connectivity index (χ3n) is 10.0. The second-order valence-corrected chi connectivity index (χ2v) is 13.2. The summed E-state index contributed by atoms with van der Waals surface area (Å²) in [7, 11) is 0. The summed E-state index contributed by atoms with van der Waals surface area (Å²) in [6.45, 7) is 0. The number of nitrogens with zero attached hydrogens (tertiary/aromatic N) is 7. The highest BCUT2D eigenvalue weighted by Gasteiger charge is 2.19. The van der Waals surface area contributed by atoms with Crippen molar-refractivity contribution in [2.24, 2.45) is 0 Å². The smallest absolute Gasteiger partial charge is 0.164 e. The summed E-state index contributed by atoms with van der Waals surface area (Å²) in [5, 5.41) is 23.6. The molecule has 3 aromatic heterocycles. The lowest BCUT2D eigenvalue weighted by atomic mass is 10.1. The van der Waals surface area contributed by atoms with Gasteiger partial charge in [-0.25, -0.2) is 15.0 Å². The number of para-hydroxylation sites is 2. The van der Waals surface area contributed by atoms with Gasteiger partial charge >= 0.3 is 0 Å². The van der Waals surface area contributed by atoms with Gasteiger partial charge in [-0.15, -0.1) is 0 Å². The van der Waals surface area contributed by atoms with Crippen LogP contribution in [0.3, 0.4) is 0 Å². The number of fused-ring (bicyclic) bond motifs is 6. The second kappa shape index (κ2) is 12.4. The maximum absolute atomic E-state index is 9.81. The van der Waals surface area contributed by atoms with Crippen LogP contribution in [0.4, 0.5) is 0 Å². The fraction of sp³-hybridized carbons (Fsp3) is 0.